The van der Waals surface area contributed by atoms with Crippen LogP contribution in [0.25, 0.3) is 0 Å². The topological polar surface area (TPSA) is 81.7 Å². The Morgan fingerprint density at radius 1 is 1.32 bits per heavy atom. The van der Waals surface area contributed by atoms with Crippen LogP contribution in [0.15, 0.2) is 0 Å². The van der Waals surface area contributed by atoms with Crippen molar-refractivity contribution in [2.75, 3.05) is 6.54 Å². The first kappa shape index (κ1) is 15.3. The number of fused-ring (bicyclic) bond motifs is 1. The van der Waals surface area contributed by atoms with Gasteiger partial charge in [0, 0.05) is 12.5 Å². The number of rotatable bonds is 4. The van der Waals surface area contributed by atoms with Gasteiger partial charge in [0.2, 0.25) is 5.91 Å². The Kier molecular flexibility index (Phi) is 3.65. The number of esters is 2. The molecular formula is C16H23NO5. The zero-order valence-electron chi connectivity index (χ0n) is 13.3. The summed E-state index contributed by atoms with van der Waals surface area (Å²) in [6, 6.07) is 0. The van der Waals surface area contributed by atoms with E-state index < -0.39 is 5.60 Å². The van der Waals surface area contributed by atoms with Crippen molar-refractivity contribution in [1.82, 2.24) is 5.32 Å². The molecule has 3 aliphatic rings. The Labute approximate surface area is 129 Å². The fourth-order valence-corrected chi connectivity index (χ4v) is 4.16. The number of carbonyl (C=O) groups excluding carboxylic acids is 3. The molecule has 2 bridgehead atoms. The summed E-state index contributed by atoms with van der Waals surface area (Å²) >= 11 is 0. The van der Waals surface area contributed by atoms with Gasteiger partial charge in [-0.05, 0) is 39.5 Å². The number of hydrogen-bond donors (Lipinski definition) is 1. The maximum absolute atomic E-state index is 12.4. The van der Waals surface area contributed by atoms with E-state index in [4.69, 9.17) is 9.47 Å². The van der Waals surface area contributed by atoms with Gasteiger partial charge in [-0.15, -0.1) is 0 Å². The maximum atomic E-state index is 12.4. The van der Waals surface area contributed by atoms with Crippen LogP contribution in [0.4, 0.5) is 0 Å². The minimum atomic E-state index is -0.520. The second-order valence-electron chi connectivity index (χ2n) is 7.55. The summed E-state index contributed by atoms with van der Waals surface area (Å²) in [5, 5.41) is 2.78. The van der Waals surface area contributed by atoms with Crippen LogP contribution in [-0.2, 0) is 23.9 Å². The molecule has 3 fully saturated rings. The van der Waals surface area contributed by atoms with Crippen LogP contribution in [0.5, 0.6) is 0 Å². The highest BCUT2D eigenvalue weighted by atomic mass is 16.6. The van der Waals surface area contributed by atoms with E-state index in [0.717, 1.165) is 12.8 Å². The molecule has 5 atom stereocenters. The first-order valence-corrected chi connectivity index (χ1v) is 7.96. The van der Waals surface area contributed by atoms with Crippen molar-refractivity contribution >= 4 is 17.8 Å². The van der Waals surface area contributed by atoms with Crippen LogP contribution in [0.3, 0.4) is 0 Å². The molecule has 122 valence electrons. The molecule has 0 radical (unpaired) electrons. The van der Waals surface area contributed by atoms with E-state index in [1.165, 1.54) is 0 Å². The number of ether oxygens (including phenoxy) is 2. The summed E-state index contributed by atoms with van der Waals surface area (Å²) in [6.07, 6.45) is 1.89. The van der Waals surface area contributed by atoms with Crippen molar-refractivity contribution in [3.63, 3.8) is 0 Å². The summed E-state index contributed by atoms with van der Waals surface area (Å²) in [7, 11) is 0. The molecule has 2 saturated carbocycles. The molecule has 0 aromatic rings. The lowest BCUT2D eigenvalue weighted by Crippen LogP contribution is -2.40. The number of hydrogen-bond acceptors (Lipinski definition) is 5. The smallest absolute Gasteiger partial charge is 0.310 e. The van der Waals surface area contributed by atoms with Crippen molar-refractivity contribution in [3.05, 3.63) is 0 Å². The van der Waals surface area contributed by atoms with Gasteiger partial charge in [-0.2, -0.15) is 0 Å². The van der Waals surface area contributed by atoms with Gasteiger partial charge in [0.1, 0.15) is 11.7 Å². The third-order valence-corrected chi connectivity index (χ3v) is 4.83. The molecular weight excluding hydrogens is 286 g/mol. The van der Waals surface area contributed by atoms with E-state index in [2.05, 4.69) is 5.32 Å². The average molecular weight is 309 g/mol. The first-order valence-electron chi connectivity index (χ1n) is 7.96. The SMILES string of the molecule is CC(C)(C)OC(=O)CCNC(=O)C1C2CC3OC(=O)C1C3C2. The van der Waals surface area contributed by atoms with Gasteiger partial charge in [0.05, 0.1) is 18.3 Å². The van der Waals surface area contributed by atoms with E-state index in [-0.39, 0.29) is 60.6 Å². The Morgan fingerprint density at radius 2 is 2.05 bits per heavy atom. The molecule has 6 nitrogen and oxygen atoms in total. The lowest BCUT2D eigenvalue weighted by Gasteiger charge is -2.23. The summed E-state index contributed by atoms with van der Waals surface area (Å²) < 4.78 is 10.5. The molecule has 1 aliphatic heterocycles. The van der Waals surface area contributed by atoms with Gasteiger partial charge >= 0.3 is 11.9 Å². The van der Waals surface area contributed by atoms with Crippen LogP contribution >= 0.6 is 0 Å². The molecule has 22 heavy (non-hydrogen) atoms. The highest BCUT2D eigenvalue weighted by molar-refractivity contribution is 5.88. The van der Waals surface area contributed by atoms with Crippen LogP contribution in [0, 0.1) is 23.7 Å². The molecule has 6 heteroatoms. The average Bonchev–Trinajstić information content (AvgIpc) is 2.96. The van der Waals surface area contributed by atoms with Gasteiger partial charge in [0.15, 0.2) is 0 Å². The Morgan fingerprint density at radius 3 is 2.73 bits per heavy atom. The largest absolute Gasteiger partial charge is 0.462 e. The minimum Gasteiger partial charge on any atom is -0.462 e. The molecule has 0 aromatic heterocycles. The van der Waals surface area contributed by atoms with Crippen molar-refractivity contribution in [1.29, 1.82) is 0 Å². The monoisotopic (exact) mass is 309 g/mol. The Hall–Kier alpha value is -1.59. The number of amides is 1. The second kappa shape index (κ2) is 5.25. The zero-order chi connectivity index (χ0) is 16.1. The third kappa shape index (κ3) is 2.71. The Bertz CT molecular complexity index is 507. The van der Waals surface area contributed by atoms with Crippen molar-refractivity contribution in [2.24, 2.45) is 23.7 Å². The van der Waals surface area contributed by atoms with E-state index in [1.807, 2.05) is 0 Å². The number of carbonyl (C=O) groups is 3. The minimum absolute atomic E-state index is 0.0355. The molecule has 1 saturated heterocycles. The van der Waals surface area contributed by atoms with E-state index in [9.17, 15) is 14.4 Å². The van der Waals surface area contributed by atoms with Crippen LogP contribution < -0.4 is 5.32 Å². The quantitative estimate of drug-likeness (QED) is 0.785. The molecule has 0 spiro atoms. The highest BCUT2D eigenvalue weighted by Gasteiger charge is 2.63. The summed E-state index contributed by atoms with van der Waals surface area (Å²) in [5.74, 6) is -0.769. The van der Waals surface area contributed by atoms with E-state index >= 15 is 0 Å². The molecule has 2 aliphatic carbocycles. The molecule has 3 rings (SSSR count). The molecule has 5 unspecified atom stereocenters. The predicted molar refractivity (Wildman–Crippen MR) is 76.5 cm³/mol. The van der Waals surface area contributed by atoms with Crippen molar-refractivity contribution in [2.45, 2.75) is 51.7 Å². The van der Waals surface area contributed by atoms with E-state index in [0.29, 0.717) is 0 Å². The van der Waals surface area contributed by atoms with Crippen LogP contribution in [0.1, 0.15) is 40.0 Å². The zero-order valence-corrected chi connectivity index (χ0v) is 13.3. The van der Waals surface area contributed by atoms with Gasteiger partial charge in [-0.25, -0.2) is 0 Å². The fraction of sp³-hybridized carbons (Fsp3) is 0.812. The first-order chi connectivity index (χ1) is 10.3. The van der Waals surface area contributed by atoms with Gasteiger partial charge in [-0.3, -0.25) is 14.4 Å². The summed E-state index contributed by atoms with van der Waals surface area (Å²) in [6.45, 7) is 5.66. The maximum Gasteiger partial charge on any atom is 0.310 e. The van der Waals surface area contributed by atoms with Gasteiger partial charge in [-0.1, -0.05) is 0 Å². The van der Waals surface area contributed by atoms with Crippen LogP contribution in [0.2, 0.25) is 0 Å². The molecule has 0 aromatic carbocycles. The molecule has 1 N–H and O–H groups in total. The predicted octanol–water partition coefficient (Wildman–Crippen LogP) is 1.03. The summed E-state index contributed by atoms with van der Waals surface area (Å²) in [5.41, 5.74) is -0.520. The van der Waals surface area contributed by atoms with Gasteiger partial charge < -0.3 is 14.8 Å². The standard InChI is InChI=1S/C16H23NO5/c1-16(2,3)22-11(18)4-5-17-14(19)12-8-6-9-10(7-8)21-15(20)13(9)12/h8-10,12-13H,4-7H2,1-3H3,(H,17,19). The lowest BCUT2D eigenvalue weighted by atomic mass is 9.79. The Balaban J connectivity index is 1.49. The third-order valence-electron chi connectivity index (χ3n) is 4.83. The molecule has 1 amide bonds. The normalized spacial score (nSPS) is 35.4. The highest BCUT2D eigenvalue weighted by Crippen LogP contribution is 2.57. The second-order valence-corrected chi connectivity index (χ2v) is 7.55. The number of nitrogens with one attached hydrogen (secondary N) is 1. The van der Waals surface area contributed by atoms with Crippen molar-refractivity contribution in [3.8, 4) is 0 Å². The van der Waals surface area contributed by atoms with E-state index in [1.54, 1.807) is 20.8 Å². The lowest BCUT2D eigenvalue weighted by molar-refractivity contribution is -0.154. The molecule has 1 heterocycles. The van der Waals surface area contributed by atoms with Crippen molar-refractivity contribution < 1.29 is 23.9 Å². The fourth-order valence-electron chi connectivity index (χ4n) is 4.16. The summed E-state index contributed by atoms with van der Waals surface area (Å²) in [4.78, 5) is 35.9. The van der Waals surface area contributed by atoms with Crippen LogP contribution in [-0.4, -0.2) is 36.1 Å². The van der Waals surface area contributed by atoms with Gasteiger partial charge in [0.25, 0.3) is 0 Å².